The van der Waals surface area contributed by atoms with Gasteiger partial charge in [-0.05, 0) is 32.9 Å². The fourth-order valence-electron chi connectivity index (χ4n) is 2.05. The zero-order valence-corrected chi connectivity index (χ0v) is 8.79. The van der Waals surface area contributed by atoms with Crippen LogP contribution in [0.4, 0.5) is 0 Å². The highest BCUT2D eigenvalue weighted by molar-refractivity contribution is 4.78. The van der Waals surface area contributed by atoms with Crippen LogP contribution in [0.1, 0.15) is 26.7 Å². The average molecular weight is 186 g/mol. The van der Waals surface area contributed by atoms with E-state index in [2.05, 4.69) is 17.1 Å². The van der Waals surface area contributed by atoms with Crippen molar-refractivity contribution in [2.45, 2.75) is 38.8 Å². The van der Waals surface area contributed by atoms with Gasteiger partial charge in [0, 0.05) is 19.1 Å². The van der Waals surface area contributed by atoms with Crippen molar-refractivity contribution < 1.29 is 5.11 Å². The van der Waals surface area contributed by atoms with Crippen LogP contribution in [0, 0.1) is 0 Å². The number of likely N-dealkylation sites (tertiary alicyclic amines) is 1. The second-order valence-corrected chi connectivity index (χ2v) is 4.01. The molecule has 1 aliphatic rings. The lowest BCUT2D eigenvalue weighted by atomic mass is 10.1. The number of aliphatic hydroxyl groups is 1. The second-order valence-electron chi connectivity index (χ2n) is 4.01. The summed E-state index contributed by atoms with van der Waals surface area (Å²) in [7, 11) is 0. The molecule has 2 unspecified atom stereocenters. The van der Waals surface area contributed by atoms with Crippen LogP contribution >= 0.6 is 0 Å². The van der Waals surface area contributed by atoms with Gasteiger partial charge < -0.3 is 10.4 Å². The van der Waals surface area contributed by atoms with Gasteiger partial charge in [0.15, 0.2) is 0 Å². The Balaban J connectivity index is 2.24. The highest BCUT2D eigenvalue weighted by Crippen LogP contribution is 2.09. The van der Waals surface area contributed by atoms with Gasteiger partial charge in [-0.3, -0.25) is 4.90 Å². The number of nitrogens with one attached hydrogen (secondary N) is 1. The molecule has 0 aromatic heterocycles. The monoisotopic (exact) mass is 186 g/mol. The van der Waals surface area contributed by atoms with E-state index in [0.717, 1.165) is 26.2 Å². The number of β-amino-alcohol motifs (C(OH)–C–C–N with tert-alkyl or cyclic N) is 1. The zero-order valence-electron chi connectivity index (χ0n) is 8.79. The van der Waals surface area contributed by atoms with Crippen LogP contribution in [0.3, 0.4) is 0 Å². The van der Waals surface area contributed by atoms with Gasteiger partial charge in [-0.25, -0.2) is 0 Å². The fraction of sp³-hybridized carbons (Fsp3) is 1.00. The molecule has 0 bridgehead atoms. The maximum absolute atomic E-state index is 9.26. The van der Waals surface area contributed by atoms with Gasteiger partial charge in [0.1, 0.15) is 0 Å². The summed E-state index contributed by atoms with van der Waals surface area (Å²) >= 11 is 0. The van der Waals surface area contributed by atoms with E-state index in [0.29, 0.717) is 6.04 Å². The quantitative estimate of drug-likeness (QED) is 0.669. The van der Waals surface area contributed by atoms with E-state index < -0.39 is 0 Å². The Hall–Kier alpha value is -0.120. The molecule has 0 amide bonds. The molecule has 0 spiro atoms. The smallest absolute Gasteiger partial charge is 0.0639 e. The lowest BCUT2D eigenvalue weighted by molar-refractivity contribution is 0.103. The zero-order chi connectivity index (χ0) is 9.68. The first-order chi connectivity index (χ1) is 6.22. The summed E-state index contributed by atoms with van der Waals surface area (Å²) in [6, 6.07) is 0.637. The molecule has 3 heteroatoms. The molecule has 78 valence electrons. The molecule has 1 saturated heterocycles. The molecule has 13 heavy (non-hydrogen) atoms. The van der Waals surface area contributed by atoms with E-state index in [1.807, 2.05) is 6.92 Å². The first-order valence-electron chi connectivity index (χ1n) is 5.36. The summed E-state index contributed by atoms with van der Waals surface area (Å²) in [4.78, 5) is 2.35. The van der Waals surface area contributed by atoms with E-state index in [1.54, 1.807) is 0 Å². The van der Waals surface area contributed by atoms with E-state index in [9.17, 15) is 5.11 Å². The Bertz CT molecular complexity index is 137. The minimum absolute atomic E-state index is 0.194. The van der Waals surface area contributed by atoms with Crippen LogP contribution in [0.25, 0.3) is 0 Å². The fourth-order valence-corrected chi connectivity index (χ4v) is 2.05. The predicted molar refractivity (Wildman–Crippen MR) is 54.8 cm³/mol. The number of hydrogen-bond acceptors (Lipinski definition) is 3. The van der Waals surface area contributed by atoms with Crippen LogP contribution in [0.15, 0.2) is 0 Å². The molecular weight excluding hydrogens is 164 g/mol. The van der Waals surface area contributed by atoms with Crippen molar-refractivity contribution in [1.82, 2.24) is 10.2 Å². The molecule has 2 atom stereocenters. The van der Waals surface area contributed by atoms with Crippen LogP contribution in [-0.4, -0.2) is 48.3 Å². The van der Waals surface area contributed by atoms with Gasteiger partial charge in [0.05, 0.1) is 6.10 Å². The standard InChI is InChI=1S/C10H22N2O/c1-3-11-10-5-4-6-12(8-10)7-9(2)13/h9-11,13H,3-8H2,1-2H3. The summed E-state index contributed by atoms with van der Waals surface area (Å²) < 4.78 is 0. The molecule has 0 saturated carbocycles. The Kier molecular flexibility index (Phi) is 4.70. The van der Waals surface area contributed by atoms with Crippen LogP contribution in [-0.2, 0) is 0 Å². The first kappa shape index (κ1) is 11.0. The molecular formula is C10H22N2O. The van der Waals surface area contributed by atoms with Gasteiger partial charge in [0.2, 0.25) is 0 Å². The normalized spacial score (nSPS) is 27.5. The summed E-state index contributed by atoms with van der Waals surface area (Å²) in [6.45, 7) is 8.12. The topological polar surface area (TPSA) is 35.5 Å². The van der Waals surface area contributed by atoms with E-state index in [4.69, 9.17) is 0 Å². The Morgan fingerprint density at radius 1 is 1.62 bits per heavy atom. The summed E-state index contributed by atoms with van der Waals surface area (Å²) in [6.07, 6.45) is 2.34. The van der Waals surface area contributed by atoms with Crippen LogP contribution in [0.2, 0.25) is 0 Å². The lowest BCUT2D eigenvalue weighted by Gasteiger charge is -2.33. The predicted octanol–water partition coefficient (Wildman–Crippen LogP) is 0.441. The van der Waals surface area contributed by atoms with Crippen LogP contribution < -0.4 is 5.32 Å². The van der Waals surface area contributed by atoms with Gasteiger partial charge in [-0.15, -0.1) is 0 Å². The Morgan fingerprint density at radius 2 is 2.38 bits per heavy atom. The first-order valence-corrected chi connectivity index (χ1v) is 5.36. The van der Waals surface area contributed by atoms with E-state index in [-0.39, 0.29) is 6.10 Å². The molecule has 1 heterocycles. The minimum Gasteiger partial charge on any atom is -0.392 e. The molecule has 3 nitrogen and oxygen atoms in total. The summed E-state index contributed by atoms with van der Waals surface area (Å²) in [5.74, 6) is 0. The van der Waals surface area contributed by atoms with Crippen molar-refractivity contribution in [3.63, 3.8) is 0 Å². The molecule has 0 radical (unpaired) electrons. The van der Waals surface area contributed by atoms with Crippen LogP contribution in [0.5, 0.6) is 0 Å². The number of rotatable bonds is 4. The highest BCUT2D eigenvalue weighted by atomic mass is 16.3. The van der Waals surface area contributed by atoms with Crippen molar-refractivity contribution in [3.8, 4) is 0 Å². The molecule has 0 aromatic carbocycles. The Labute approximate surface area is 81.1 Å². The van der Waals surface area contributed by atoms with Gasteiger partial charge in [0.25, 0.3) is 0 Å². The third-order valence-corrected chi connectivity index (χ3v) is 2.52. The molecule has 0 aromatic rings. The maximum Gasteiger partial charge on any atom is 0.0639 e. The van der Waals surface area contributed by atoms with Crippen molar-refractivity contribution in [3.05, 3.63) is 0 Å². The third-order valence-electron chi connectivity index (χ3n) is 2.52. The number of likely N-dealkylation sites (N-methyl/N-ethyl adjacent to an activating group) is 1. The number of hydrogen-bond donors (Lipinski definition) is 2. The SMILES string of the molecule is CCNC1CCCN(CC(C)O)C1. The van der Waals surface area contributed by atoms with Gasteiger partial charge in [-0.1, -0.05) is 6.92 Å². The van der Waals surface area contributed by atoms with Crippen molar-refractivity contribution in [2.75, 3.05) is 26.2 Å². The number of nitrogens with zero attached hydrogens (tertiary/aromatic N) is 1. The van der Waals surface area contributed by atoms with E-state index in [1.165, 1.54) is 12.8 Å². The molecule has 0 aliphatic carbocycles. The second kappa shape index (κ2) is 5.58. The third kappa shape index (κ3) is 4.07. The lowest BCUT2D eigenvalue weighted by Crippen LogP contribution is -2.47. The summed E-state index contributed by atoms with van der Waals surface area (Å²) in [5.41, 5.74) is 0. The van der Waals surface area contributed by atoms with Gasteiger partial charge in [-0.2, -0.15) is 0 Å². The molecule has 1 fully saturated rings. The molecule has 1 rings (SSSR count). The largest absolute Gasteiger partial charge is 0.392 e. The maximum atomic E-state index is 9.26. The van der Waals surface area contributed by atoms with Crippen molar-refractivity contribution in [2.24, 2.45) is 0 Å². The Morgan fingerprint density at radius 3 is 3.00 bits per heavy atom. The molecule has 1 aliphatic heterocycles. The average Bonchev–Trinajstić information content (AvgIpc) is 2.04. The molecule has 2 N–H and O–H groups in total. The van der Waals surface area contributed by atoms with Crippen molar-refractivity contribution >= 4 is 0 Å². The van der Waals surface area contributed by atoms with Crippen molar-refractivity contribution in [1.29, 1.82) is 0 Å². The number of aliphatic hydroxyl groups excluding tert-OH is 1. The number of piperidine rings is 1. The van der Waals surface area contributed by atoms with E-state index >= 15 is 0 Å². The van der Waals surface area contributed by atoms with Gasteiger partial charge >= 0.3 is 0 Å². The highest BCUT2D eigenvalue weighted by Gasteiger charge is 2.19. The summed E-state index contributed by atoms with van der Waals surface area (Å²) in [5, 5.41) is 12.7. The minimum atomic E-state index is -0.194.